The van der Waals surface area contributed by atoms with E-state index in [2.05, 4.69) is 10.2 Å². The largest absolute Gasteiger partial charge is 0.399 e. The van der Waals surface area contributed by atoms with E-state index in [-0.39, 0.29) is 0 Å². The number of nitrogen functional groups attached to an aromatic ring is 1. The van der Waals surface area contributed by atoms with E-state index in [0.717, 1.165) is 0 Å². The molecule has 0 unspecified atom stereocenters. The minimum atomic E-state index is 0.310. The summed E-state index contributed by atoms with van der Waals surface area (Å²) in [6.45, 7) is 0. The first-order valence-corrected chi connectivity index (χ1v) is 6.11. The molecule has 0 bridgehead atoms. The van der Waals surface area contributed by atoms with Crippen LogP contribution in [-0.2, 0) is 0 Å². The van der Waals surface area contributed by atoms with Gasteiger partial charge < -0.3 is 5.73 Å². The molecule has 0 heterocycles. The van der Waals surface area contributed by atoms with Crippen LogP contribution in [0.1, 0.15) is 0 Å². The summed E-state index contributed by atoms with van der Waals surface area (Å²) in [6, 6.07) is 10.2. The standard InChI is InChI=1S/C12H8Cl3N3/c13-10-5-9(6-11(14)12(10)15)18-17-8-3-1-7(16)2-4-8/h1-6H,16H2/b18-17+. The molecule has 0 saturated heterocycles. The van der Waals surface area contributed by atoms with E-state index in [1.165, 1.54) is 0 Å². The molecule has 0 aliphatic heterocycles. The molecule has 3 nitrogen and oxygen atoms in total. The number of azo groups is 1. The highest BCUT2D eigenvalue weighted by molar-refractivity contribution is 6.48. The average Bonchev–Trinajstić information content (AvgIpc) is 2.35. The van der Waals surface area contributed by atoms with Gasteiger partial charge in [0.15, 0.2) is 0 Å². The first kappa shape index (κ1) is 13.1. The molecule has 2 aromatic rings. The third-order valence-corrected chi connectivity index (χ3v) is 3.34. The maximum absolute atomic E-state index is 5.89. The minimum absolute atomic E-state index is 0.310. The molecule has 0 aliphatic carbocycles. The lowest BCUT2D eigenvalue weighted by molar-refractivity contribution is 1.23. The van der Waals surface area contributed by atoms with Gasteiger partial charge >= 0.3 is 0 Å². The predicted octanol–water partition coefficient (Wildman–Crippen LogP) is 5.64. The van der Waals surface area contributed by atoms with Crippen LogP contribution in [0.2, 0.25) is 15.1 Å². The first-order chi connectivity index (χ1) is 8.56. The fourth-order valence-corrected chi connectivity index (χ4v) is 1.84. The van der Waals surface area contributed by atoms with Crippen molar-refractivity contribution >= 4 is 51.9 Å². The summed E-state index contributed by atoms with van der Waals surface area (Å²) in [6.07, 6.45) is 0. The zero-order chi connectivity index (χ0) is 13.1. The lowest BCUT2D eigenvalue weighted by Crippen LogP contribution is -1.80. The van der Waals surface area contributed by atoms with E-state index >= 15 is 0 Å². The number of benzene rings is 2. The van der Waals surface area contributed by atoms with Crippen LogP contribution in [0.5, 0.6) is 0 Å². The summed E-state index contributed by atoms with van der Waals surface area (Å²) in [5.41, 5.74) is 7.46. The van der Waals surface area contributed by atoms with Crippen molar-refractivity contribution in [1.29, 1.82) is 0 Å². The van der Waals surface area contributed by atoms with Gasteiger partial charge in [-0.3, -0.25) is 0 Å². The SMILES string of the molecule is Nc1ccc(/N=N/c2cc(Cl)c(Cl)c(Cl)c2)cc1. The molecule has 2 rings (SSSR count). The van der Waals surface area contributed by atoms with Crippen LogP contribution in [-0.4, -0.2) is 0 Å². The Morgan fingerprint density at radius 2 is 1.28 bits per heavy atom. The summed E-state index contributed by atoms with van der Waals surface area (Å²) >= 11 is 17.6. The molecule has 6 heteroatoms. The normalized spacial score (nSPS) is 11.1. The van der Waals surface area contributed by atoms with Crippen molar-refractivity contribution in [2.45, 2.75) is 0 Å². The third-order valence-electron chi connectivity index (χ3n) is 2.14. The minimum Gasteiger partial charge on any atom is -0.399 e. The van der Waals surface area contributed by atoms with Crippen LogP contribution in [0.3, 0.4) is 0 Å². The van der Waals surface area contributed by atoms with Crippen molar-refractivity contribution in [3.8, 4) is 0 Å². The van der Waals surface area contributed by atoms with Gasteiger partial charge in [-0.2, -0.15) is 10.2 Å². The second-order valence-electron chi connectivity index (χ2n) is 3.51. The number of nitrogens with two attached hydrogens (primary N) is 1. The van der Waals surface area contributed by atoms with Gasteiger partial charge in [-0.05, 0) is 36.4 Å². The Kier molecular flexibility index (Phi) is 4.07. The maximum Gasteiger partial charge on any atom is 0.0887 e. The van der Waals surface area contributed by atoms with Gasteiger partial charge in [-0.1, -0.05) is 34.8 Å². The zero-order valence-electron chi connectivity index (χ0n) is 9.07. The van der Waals surface area contributed by atoms with Crippen molar-refractivity contribution in [3.63, 3.8) is 0 Å². The summed E-state index contributed by atoms with van der Waals surface area (Å²) in [5, 5.41) is 9.06. The molecular weight excluding hydrogens is 293 g/mol. The predicted molar refractivity (Wildman–Crippen MR) is 76.5 cm³/mol. The number of hydrogen-bond donors (Lipinski definition) is 1. The van der Waals surface area contributed by atoms with E-state index in [4.69, 9.17) is 40.5 Å². The highest BCUT2D eigenvalue weighted by Gasteiger charge is 2.05. The fourth-order valence-electron chi connectivity index (χ4n) is 1.26. The number of nitrogens with zero attached hydrogens (tertiary/aromatic N) is 2. The Balaban J connectivity index is 2.26. The van der Waals surface area contributed by atoms with Crippen molar-refractivity contribution < 1.29 is 0 Å². The Morgan fingerprint density at radius 1 is 0.778 bits per heavy atom. The maximum atomic E-state index is 5.89. The second-order valence-corrected chi connectivity index (χ2v) is 4.71. The van der Waals surface area contributed by atoms with Gasteiger partial charge in [0.2, 0.25) is 0 Å². The van der Waals surface area contributed by atoms with Crippen LogP contribution in [0.4, 0.5) is 17.1 Å². The Labute approximate surface area is 119 Å². The van der Waals surface area contributed by atoms with Crippen molar-refractivity contribution in [3.05, 3.63) is 51.5 Å². The Hall–Kier alpha value is -1.29. The summed E-state index contributed by atoms with van der Waals surface area (Å²) in [4.78, 5) is 0. The molecule has 18 heavy (non-hydrogen) atoms. The summed E-state index contributed by atoms with van der Waals surface area (Å²) in [7, 11) is 0. The molecule has 0 spiro atoms. The van der Waals surface area contributed by atoms with Gasteiger partial charge in [0, 0.05) is 5.69 Å². The van der Waals surface area contributed by atoms with E-state index in [1.54, 1.807) is 36.4 Å². The van der Waals surface area contributed by atoms with E-state index < -0.39 is 0 Å². The first-order valence-electron chi connectivity index (χ1n) is 4.98. The fraction of sp³-hybridized carbons (Fsp3) is 0. The molecule has 0 radical (unpaired) electrons. The van der Waals surface area contributed by atoms with Crippen LogP contribution >= 0.6 is 34.8 Å². The zero-order valence-corrected chi connectivity index (χ0v) is 11.3. The lowest BCUT2D eigenvalue weighted by atomic mass is 10.3. The molecule has 0 fully saturated rings. The molecule has 0 aromatic heterocycles. The van der Waals surface area contributed by atoms with Crippen molar-refractivity contribution in [2.24, 2.45) is 10.2 Å². The summed E-state index contributed by atoms with van der Waals surface area (Å²) < 4.78 is 0. The number of hydrogen-bond acceptors (Lipinski definition) is 3. The monoisotopic (exact) mass is 299 g/mol. The summed E-state index contributed by atoms with van der Waals surface area (Å²) in [5.74, 6) is 0. The second kappa shape index (κ2) is 5.57. The lowest BCUT2D eigenvalue weighted by Gasteiger charge is -2.00. The topological polar surface area (TPSA) is 50.7 Å². The van der Waals surface area contributed by atoms with Crippen LogP contribution in [0.15, 0.2) is 46.6 Å². The highest BCUT2D eigenvalue weighted by atomic mass is 35.5. The molecule has 0 saturated carbocycles. The number of rotatable bonds is 2. The van der Waals surface area contributed by atoms with Crippen LogP contribution in [0.25, 0.3) is 0 Å². The van der Waals surface area contributed by atoms with E-state index in [0.29, 0.717) is 32.1 Å². The van der Waals surface area contributed by atoms with Crippen LogP contribution < -0.4 is 5.73 Å². The Morgan fingerprint density at radius 3 is 1.83 bits per heavy atom. The van der Waals surface area contributed by atoms with Gasteiger partial charge in [-0.15, -0.1) is 0 Å². The highest BCUT2D eigenvalue weighted by Crippen LogP contribution is 2.34. The third kappa shape index (κ3) is 3.13. The molecule has 92 valence electrons. The average molecular weight is 301 g/mol. The van der Waals surface area contributed by atoms with Gasteiger partial charge in [0.05, 0.1) is 26.4 Å². The van der Waals surface area contributed by atoms with E-state index in [1.807, 2.05) is 0 Å². The Bertz CT molecular complexity index is 571. The van der Waals surface area contributed by atoms with Crippen LogP contribution in [0, 0.1) is 0 Å². The van der Waals surface area contributed by atoms with Gasteiger partial charge in [0.25, 0.3) is 0 Å². The van der Waals surface area contributed by atoms with Crippen molar-refractivity contribution in [2.75, 3.05) is 5.73 Å². The van der Waals surface area contributed by atoms with Gasteiger partial charge in [0.1, 0.15) is 0 Å². The number of anilines is 1. The molecule has 2 aromatic carbocycles. The number of halogens is 3. The van der Waals surface area contributed by atoms with Crippen molar-refractivity contribution in [1.82, 2.24) is 0 Å². The quantitative estimate of drug-likeness (QED) is 0.435. The molecule has 0 amide bonds. The smallest absolute Gasteiger partial charge is 0.0887 e. The molecule has 2 N–H and O–H groups in total. The molecule has 0 atom stereocenters. The van der Waals surface area contributed by atoms with Gasteiger partial charge in [-0.25, -0.2) is 0 Å². The van der Waals surface area contributed by atoms with E-state index in [9.17, 15) is 0 Å². The molecular formula is C12H8Cl3N3. The molecule has 0 aliphatic rings.